The molecule has 0 aromatic heterocycles. The molecule has 0 saturated carbocycles. The van der Waals surface area contributed by atoms with Crippen molar-refractivity contribution in [2.75, 3.05) is 14.2 Å². The maximum absolute atomic E-state index is 13.3. The topological polar surface area (TPSA) is 79.0 Å². The van der Waals surface area contributed by atoms with Gasteiger partial charge in [-0.05, 0) is 57.2 Å². The Morgan fingerprint density at radius 3 is 2.52 bits per heavy atom. The highest BCUT2D eigenvalue weighted by Gasteiger charge is 2.44. The van der Waals surface area contributed by atoms with Crippen molar-refractivity contribution in [2.24, 2.45) is 0 Å². The average molecular weight is 396 g/mol. The van der Waals surface area contributed by atoms with Crippen molar-refractivity contribution in [3.8, 4) is 5.75 Å². The Morgan fingerprint density at radius 1 is 1.22 bits per heavy atom. The molecule has 0 spiro atoms. The van der Waals surface area contributed by atoms with E-state index < -0.39 is 22.3 Å². The molecule has 2 aliphatic rings. The fraction of sp³-hybridized carbons (Fsp3) is 0.632. The highest BCUT2D eigenvalue weighted by Crippen LogP contribution is 2.32. The summed E-state index contributed by atoms with van der Waals surface area (Å²) in [6.45, 7) is 4.09. The van der Waals surface area contributed by atoms with Gasteiger partial charge in [-0.2, -0.15) is 17.4 Å². The summed E-state index contributed by atoms with van der Waals surface area (Å²) in [6.07, 6.45) is 3.39. The number of likely N-dealkylation sites (N-methyl/N-ethyl adjacent to an activating group) is 1. The SMILES string of the molecule is COc1cccc([C@@H]2C[C@H](C(=O)N3[C@H](C)CCC[C@H]3C)N(C)S(=O)(=O)N2)c1. The Hall–Kier alpha value is -1.64. The molecule has 1 aromatic carbocycles. The van der Waals surface area contributed by atoms with Gasteiger partial charge in [0.1, 0.15) is 11.8 Å². The molecule has 0 unspecified atom stereocenters. The van der Waals surface area contributed by atoms with Gasteiger partial charge in [-0.1, -0.05) is 12.1 Å². The zero-order valence-corrected chi connectivity index (χ0v) is 17.2. The third-order valence-corrected chi connectivity index (χ3v) is 7.39. The normalized spacial score (nSPS) is 31.5. The van der Waals surface area contributed by atoms with Crippen LogP contribution >= 0.6 is 0 Å². The molecule has 1 amide bonds. The van der Waals surface area contributed by atoms with Gasteiger partial charge >= 0.3 is 0 Å². The Kier molecular flexibility index (Phi) is 5.79. The summed E-state index contributed by atoms with van der Waals surface area (Å²) in [5, 5.41) is 0. The molecular formula is C19H29N3O4S. The van der Waals surface area contributed by atoms with Crippen molar-refractivity contribution in [1.29, 1.82) is 0 Å². The third kappa shape index (κ3) is 3.97. The Morgan fingerprint density at radius 2 is 1.89 bits per heavy atom. The molecule has 7 nitrogen and oxygen atoms in total. The van der Waals surface area contributed by atoms with E-state index in [1.807, 2.05) is 43.0 Å². The number of hydrogen-bond acceptors (Lipinski definition) is 4. The summed E-state index contributed by atoms with van der Waals surface area (Å²) in [4.78, 5) is 15.2. The Bertz CT molecular complexity index is 788. The first-order valence-electron chi connectivity index (χ1n) is 9.46. The second-order valence-electron chi connectivity index (χ2n) is 7.59. The summed E-state index contributed by atoms with van der Waals surface area (Å²) >= 11 is 0. The van der Waals surface area contributed by atoms with E-state index in [-0.39, 0.29) is 18.0 Å². The standard InChI is InChI=1S/C19H29N3O4S/c1-13-7-5-8-14(2)22(13)19(23)18-12-17(20-27(24,25)21(18)3)15-9-6-10-16(11-15)26-4/h6,9-11,13-14,17-18,20H,5,7-8,12H2,1-4H3/t13-,14-,17+,18-/m1/s1. The van der Waals surface area contributed by atoms with Crippen LogP contribution in [-0.2, 0) is 15.0 Å². The molecule has 0 aliphatic carbocycles. The maximum atomic E-state index is 13.3. The number of amides is 1. The summed E-state index contributed by atoms with van der Waals surface area (Å²) in [5.74, 6) is 0.557. The minimum atomic E-state index is -3.75. The summed E-state index contributed by atoms with van der Waals surface area (Å²) in [7, 11) is -0.700. The van der Waals surface area contributed by atoms with Crippen LogP contribution in [0, 0.1) is 0 Å². The number of benzene rings is 1. The fourth-order valence-electron chi connectivity index (χ4n) is 4.20. The van der Waals surface area contributed by atoms with Gasteiger partial charge < -0.3 is 9.64 Å². The van der Waals surface area contributed by atoms with Crippen LogP contribution in [0.2, 0.25) is 0 Å². The summed E-state index contributed by atoms with van der Waals surface area (Å²) in [5.41, 5.74) is 0.795. The lowest BCUT2D eigenvalue weighted by Gasteiger charge is -2.44. The first-order valence-corrected chi connectivity index (χ1v) is 10.9. The third-order valence-electron chi connectivity index (χ3n) is 5.80. The van der Waals surface area contributed by atoms with Crippen LogP contribution in [0.1, 0.15) is 51.1 Å². The van der Waals surface area contributed by atoms with E-state index in [4.69, 9.17) is 4.74 Å². The van der Waals surface area contributed by atoms with Gasteiger partial charge in [-0.3, -0.25) is 4.79 Å². The van der Waals surface area contributed by atoms with Gasteiger partial charge in [0, 0.05) is 19.1 Å². The first kappa shape index (κ1) is 20.1. The molecule has 4 atom stereocenters. The molecule has 2 aliphatic heterocycles. The lowest BCUT2D eigenvalue weighted by atomic mass is 9.94. The second kappa shape index (κ2) is 7.77. The van der Waals surface area contributed by atoms with Gasteiger partial charge in [0.05, 0.1) is 13.2 Å². The van der Waals surface area contributed by atoms with E-state index in [0.717, 1.165) is 24.8 Å². The molecule has 2 fully saturated rings. The number of nitrogens with one attached hydrogen (secondary N) is 1. The van der Waals surface area contributed by atoms with Crippen molar-refractivity contribution >= 4 is 16.1 Å². The quantitative estimate of drug-likeness (QED) is 0.850. The monoisotopic (exact) mass is 395 g/mol. The minimum Gasteiger partial charge on any atom is -0.497 e. The van der Waals surface area contributed by atoms with E-state index in [2.05, 4.69) is 4.72 Å². The van der Waals surface area contributed by atoms with E-state index >= 15 is 0 Å². The Balaban J connectivity index is 1.90. The molecule has 0 radical (unpaired) electrons. The second-order valence-corrected chi connectivity index (χ2v) is 9.36. The highest BCUT2D eigenvalue weighted by atomic mass is 32.2. The molecule has 2 saturated heterocycles. The number of likely N-dealkylation sites (tertiary alicyclic amines) is 1. The van der Waals surface area contributed by atoms with Gasteiger partial charge in [-0.15, -0.1) is 0 Å². The molecule has 2 heterocycles. The van der Waals surface area contributed by atoms with Crippen molar-refractivity contribution in [1.82, 2.24) is 13.9 Å². The van der Waals surface area contributed by atoms with Crippen molar-refractivity contribution in [3.63, 3.8) is 0 Å². The van der Waals surface area contributed by atoms with E-state index in [1.165, 1.54) is 11.4 Å². The maximum Gasteiger partial charge on any atom is 0.280 e. The van der Waals surface area contributed by atoms with Gasteiger partial charge in [0.25, 0.3) is 10.2 Å². The van der Waals surface area contributed by atoms with Crippen LogP contribution in [0.15, 0.2) is 24.3 Å². The van der Waals surface area contributed by atoms with Crippen LogP contribution in [0.3, 0.4) is 0 Å². The zero-order valence-electron chi connectivity index (χ0n) is 16.4. The average Bonchev–Trinajstić information content (AvgIpc) is 2.63. The van der Waals surface area contributed by atoms with Crippen LogP contribution in [0.4, 0.5) is 0 Å². The molecule has 8 heteroatoms. The minimum absolute atomic E-state index is 0.102. The molecule has 27 heavy (non-hydrogen) atoms. The molecule has 3 rings (SSSR count). The van der Waals surface area contributed by atoms with Crippen molar-refractivity contribution < 1.29 is 17.9 Å². The smallest absolute Gasteiger partial charge is 0.280 e. The van der Waals surface area contributed by atoms with E-state index in [1.54, 1.807) is 7.11 Å². The Labute approximate surface area is 161 Å². The first-order chi connectivity index (χ1) is 12.7. The lowest BCUT2D eigenvalue weighted by molar-refractivity contribution is -0.142. The molecular weight excluding hydrogens is 366 g/mol. The number of hydrogen-bond donors (Lipinski definition) is 1. The number of carbonyl (C=O) groups excluding carboxylic acids is 1. The molecule has 0 bridgehead atoms. The van der Waals surface area contributed by atoms with Gasteiger partial charge in [0.2, 0.25) is 5.91 Å². The molecule has 1 N–H and O–H groups in total. The van der Waals surface area contributed by atoms with Crippen molar-refractivity contribution in [3.05, 3.63) is 29.8 Å². The van der Waals surface area contributed by atoms with Crippen molar-refractivity contribution in [2.45, 2.75) is 63.7 Å². The number of nitrogens with zero attached hydrogens (tertiary/aromatic N) is 2. The van der Waals surface area contributed by atoms with Crippen LogP contribution in [-0.4, -0.2) is 55.8 Å². The van der Waals surface area contributed by atoms with E-state index in [9.17, 15) is 13.2 Å². The van der Waals surface area contributed by atoms with Gasteiger partial charge in [-0.25, -0.2) is 0 Å². The van der Waals surface area contributed by atoms with E-state index in [0.29, 0.717) is 12.2 Å². The number of methoxy groups -OCH3 is 1. The fourth-order valence-corrected chi connectivity index (χ4v) is 5.47. The van der Waals surface area contributed by atoms with Crippen LogP contribution in [0.25, 0.3) is 0 Å². The van der Waals surface area contributed by atoms with Crippen LogP contribution in [0.5, 0.6) is 5.75 Å². The number of rotatable bonds is 3. The lowest BCUT2D eigenvalue weighted by Crippen LogP contribution is -2.60. The highest BCUT2D eigenvalue weighted by molar-refractivity contribution is 7.87. The predicted octanol–water partition coefficient (Wildman–Crippen LogP) is 2.06. The van der Waals surface area contributed by atoms with Gasteiger partial charge in [0.15, 0.2) is 0 Å². The number of ether oxygens (including phenoxy) is 1. The summed E-state index contributed by atoms with van der Waals surface area (Å²) < 4.78 is 34.5. The number of carbonyl (C=O) groups is 1. The predicted molar refractivity (Wildman–Crippen MR) is 104 cm³/mol. The largest absolute Gasteiger partial charge is 0.497 e. The molecule has 150 valence electrons. The number of piperidine rings is 1. The summed E-state index contributed by atoms with van der Waals surface area (Å²) in [6, 6.07) is 6.38. The zero-order chi connectivity index (χ0) is 19.8. The molecule has 1 aromatic rings. The van der Waals surface area contributed by atoms with Crippen LogP contribution < -0.4 is 9.46 Å².